The molecule has 3 atom stereocenters. The first kappa shape index (κ1) is 17.7. The number of nitrogens with zero attached hydrogens (tertiary/aromatic N) is 3. The van der Waals surface area contributed by atoms with Crippen molar-refractivity contribution in [3.8, 4) is 17.3 Å². The van der Waals surface area contributed by atoms with E-state index in [1.165, 1.54) is 16.8 Å². The highest BCUT2D eigenvalue weighted by molar-refractivity contribution is 5.66. The molecule has 0 aliphatic heterocycles. The topological polar surface area (TPSA) is 61.8 Å². The predicted octanol–water partition coefficient (Wildman–Crippen LogP) is 4.29. The molecule has 3 aliphatic rings. The summed E-state index contributed by atoms with van der Waals surface area (Å²) in [5.41, 5.74) is 4.87. The zero-order chi connectivity index (χ0) is 19.5. The van der Waals surface area contributed by atoms with Crippen molar-refractivity contribution in [3.63, 3.8) is 0 Å². The number of benzene rings is 1. The second kappa shape index (κ2) is 6.06. The van der Waals surface area contributed by atoms with Crippen molar-refractivity contribution in [3.05, 3.63) is 53.2 Å². The minimum absolute atomic E-state index is 0.170. The summed E-state index contributed by atoms with van der Waals surface area (Å²) in [5, 5.41) is 25.9. The molecule has 3 aliphatic carbocycles. The summed E-state index contributed by atoms with van der Waals surface area (Å²) in [6.45, 7) is 2.25. The molecule has 0 radical (unpaired) electrons. The lowest BCUT2D eigenvalue weighted by molar-refractivity contribution is -0.0331. The van der Waals surface area contributed by atoms with Gasteiger partial charge in [-0.2, -0.15) is 10.4 Å². The van der Waals surface area contributed by atoms with Gasteiger partial charge in [0.1, 0.15) is 0 Å². The largest absolute Gasteiger partial charge is 0.387 e. The van der Waals surface area contributed by atoms with Gasteiger partial charge in [-0.1, -0.05) is 56.2 Å². The van der Waals surface area contributed by atoms with Crippen LogP contribution in [0.25, 0.3) is 11.3 Å². The van der Waals surface area contributed by atoms with Gasteiger partial charge in [0.15, 0.2) is 0 Å². The zero-order valence-corrected chi connectivity index (χ0v) is 16.7. The Hall–Kier alpha value is -2.38. The van der Waals surface area contributed by atoms with Gasteiger partial charge >= 0.3 is 0 Å². The number of aliphatic hydroxyl groups excluding tert-OH is 1. The second-order valence-corrected chi connectivity index (χ2v) is 9.09. The minimum Gasteiger partial charge on any atom is -0.387 e. The minimum atomic E-state index is -0.628. The Balaban J connectivity index is 1.73. The van der Waals surface area contributed by atoms with E-state index in [4.69, 9.17) is 5.10 Å². The number of aromatic nitrogens is 2. The van der Waals surface area contributed by atoms with Crippen LogP contribution in [0.15, 0.2) is 42.0 Å². The van der Waals surface area contributed by atoms with Crippen LogP contribution in [0.3, 0.4) is 0 Å². The molecule has 1 aromatic carbocycles. The number of aryl methyl sites for hydroxylation is 1. The van der Waals surface area contributed by atoms with Gasteiger partial charge in [-0.3, -0.25) is 4.68 Å². The lowest BCUT2D eigenvalue weighted by Crippen LogP contribution is -2.54. The van der Waals surface area contributed by atoms with Crippen LogP contribution in [-0.4, -0.2) is 21.0 Å². The number of nitriles is 1. The Bertz CT molecular complexity index is 991. The highest BCUT2D eigenvalue weighted by atomic mass is 16.3. The SMILES string of the molecule is Cn1nc2c(c1-c1ccccc1)CC[C@H]1C3(CCCC3)C(O)C(C#N)=C[C@]21C. The highest BCUT2D eigenvalue weighted by Crippen LogP contribution is 2.62. The quantitative estimate of drug-likeness (QED) is 0.811. The third-order valence-corrected chi connectivity index (χ3v) is 7.76. The molecule has 1 unspecified atom stereocenters. The van der Waals surface area contributed by atoms with Crippen LogP contribution in [-0.2, 0) is 18.9 Å². The van der Waals surface area contributed by atoms with E-state index < -0.39 is 6.10 Å². The first-order valence-electron chi connectivity index (χ1n) is 10.4. The van der Waals surface area contributed by atoms with Gasteiger partial charge in [0.2, 0.25) is 0 Å². The maximum absolute atomic E-state index is 11.1. The van der Waals surface area contributed by atoms with E-state index in [0.717, 1.165) is 44.2 Å². The molecule has 1 saturated carbocycles. The van der Waals surface area contributed by atoms with Gasteiger partial charge in [-0.25, -0.2) is 0 Å². The van der Waals surface area contributed by atoms with E-state index in [-0.39, 0.29) is 10.8 Å². The van der Waals surface area contributed by atoms with E-state index in [1.807, 2.05) is 23.9 Å². The molecular weight excluding hydrogens is 346 g/mol. The summed E-state index contributed by atoms with van der Waals surface area (Å²) < 4.78 is 2.01. The van der Waals surface area contributed by atoms with E-state index >= 15 is 0 Å². The molecule has 4 nitrogen and oxygen atoms in total. The normalized spacial score (nSPS) is 30.4. The third-order valence-electron chi connectivity index (χ3n) is 7.76. The van der Waals surface area contributed by atoms with Gasteiger partial charge in [-0.15, -0.1) is 0 Å². The van der Waals surface area contributed by atoms with Crippen LogP contribution >= 0.6 is 0 Å². The van der Waals surface area contributed by atoms with E-state index in [0.29, 0.717) is 11.5 Å². The van der Waals surface area contributed by atoms with Gasteiger partial charge in [0.25, 0.3) is 0 Å². The summed E-state index contributed by atoms with van der Waals surface area (Å²) in [5.74, 6) is 0.334. The zero-order valence-electron chi connectivity index (χ0n) is 16.7. The average molecular weight is 374 g/mol. The Labute approximate surface area is 166 Å². The van der Waals surface area contributed by atoms with Crippen molar-refractivity contribution in [2.24, 2.45) is 18.4 Å². The number of aliphatic hydroxyl groups is 1. The van der Waals surface area contributed by atoms with Gasteiger partial charge < -0.3 is 5.11 Å². The summed E-state index contributed by atoms with van der Waals surface area (Å²) in [4.78, 5) is 0. The standard InChI is InChI=1S/C24H27N3O/c1-23-14-17(15-25)22(28)24(12-6-7-13-24)19(23)11-10-18-20(27(2)26-21(18)23)16-8-4-3-5-9-16/h3-5,8-9,14,19,22,28H,6-7,10-13H2,1-2H3/t19-,22?,23+/m1/s1. The van der Waals surface area contributed by atoms with Crippen molar-refractivity contribution in [1.82, 2.24) is 9.78 Å². The molecule has 4 heteroatoms. The Kier molecular flexibility index (Phi) is 3.83. The molecule has 144 valence electrons. The summed E-state index contributed by atoms with van der Waals surface area (Å²) >= 11 is 0. The number of hydrogen-bond acceptors (Lipinski definition) is 3. The van der Waals surface area contributed by atoms with Crippen LogP contribution in [0.1, 0.15) is 50.3 Å². The van der Waals surface area contributed by atoms with Crippen LogP contribution < -0.4 is 0 Å². The lowest BCUT2D eigenvalue weighted by Gasteiger charge is -2.54. The monoisotopic (exact) mass is 373 g/mol. The fourth-order valence-electron chi connectivity index (χ4n) is 6.65. The summed E-state index contributed by atoms with van der Waals surface area (Å²) in [7, 11) is 2.02. The van der Waals surface area contributed by atoms with E-state index in [2.05, 4.69) is 37.3 Å². The molecule has 1 fully saturated rings. The van der Waals surface area contributed by atoms with Crippen molar-refractivity contribution in [2.75, 3.05) is 0 Å². The number of rotatable bonds is 1. The fraction of sp³-hybridized carbons (Fsp3) is 0.500. The Morgan fingerprint density at radius 2 is 1.93 bits per heavy atom. The molecule has 1 N–H and O–H groups in total. The molecule has 0 bridgehead atoms. The number of fused-ring (bicyclic) bond motifs is 4. The third kappa shape index (κ3) is 2.17. The van der Waals surface area contributed by atoms with Crippen molar-refractivity contribution in [2.45, 2.75) is 57.0 Å². The van der Waals surface area contributed by atoms with Gasteiger partial charge in [-0.05, 0) is 31.6 Å². The molecule has 1 aromatic heterocycles. The van der Waals surface area contributed by atoms with Crippen LogP contribution in [0.2, 0.25) is 0 Å². The van der Waals surface area contributed by atoms with Crippen LogP contribution in [0.4, 0.5) is 0 Å². The second-order valence-electron chi connectivity index (χ2n) is 9.09. The van der Waals surface area contributed by atoms with Crippen LogP contribution in [0.5, 0.6) is 0 Å². The molecule has 28 heavy (non-hydrogen) atoms. The van der Waals surface area contributed by atoms with Crippen molar-refractivity contribution < 1.29 is 5.11 Å². The maximum atomic E-state index is 11.1. The molecule has 0 amide bonds. The smallest absolute Gasteiger partial charge is 0.0971 e. The van der Waals surface area contributed by atoms with Gasteiger partial charge in [0, 0.05) is 29.0 Å². The Morgan fingerprint density at radius 3 is 2.61 bits per heavy atom. The fourth-order valence-corrected chi connectivity index (χ4v) is 6.65. The van der Waals surface area contributed by atoms with E-state index in [9.17, 15) is 10.4 Å². The maximum Gasteiger partial charge on any atom is 0.0971 e. The molecule has 0 saturated heterocycles. The van der Waals surface area contributed by atoms with E-state index in [1.54, 1.807) is 0 Å². The molecule has 2 aromatic rings. The average Bonchev–Trinajstić information content (AvgIpc) is 3.31. The van der Waals surface area contributed by atoms with Crippen molar-refractivity contribution >= 4 is 0 Å². The highest BCUT2D eigenvalue weighted by Gasteiger charge is 2.59. The first-order chi connectivity index (χ1) is 13.5. The predicted molar refractivity (Wildman–Crippen MR) is 108 cm³/mol. The molecule has 5 rings (SSSR count). The van der Waals surface area contributed by atoms with Crippen LogP contribution in [0, 0.1) is 22.7 Å². The first-order valence-corrected chi connectivity index (χ1v) is 10.4. The van der Waals surface area contributed by atoms with Crippen molar-refractivity contribution in [1.29, 1.82) is 5.26 Å². The molecule has 1 spiro atoms. The molecule has 1 heterocycles. The lowest BCUT2D eigenvalue weighted by atomic mass is 9.50. The Morgan fingerprint density at radius 1 is 1.21 bits per heavy atom. The molecular formula is C24H27N3O. The van der Waals surface area contributed by atoms with Gasteiger partial charge in [0.05, 0.1) is 29.1 Å². The number of hydrogen-bond donors (Lipinski definition) is 1. The summed E-state index contributed by atoms with van der Waals surface area (Å²) in [6.07, 6.45) is 7.77. The number of allylic oxidation sites excluding steroid dienone is 1. The summed E-state index contributed by atoms with van der Waals surface area (Å²) in [6, 6.07) is 12.8.